The summed E-state index contributed by atoms with van der Waals surface area (Å²) >= 11 is 6.31. The standard InChI is InChI=1S/C21H26ClN3O3S/c1-29(27,28)25-9-8-16-14-17(6-7-19(16)25)21(26)15-23-10-12-24(13-11-23)20-5-3-2-4-18(20)22/h2-7,14,21,26H,8-13,15H2,1H3. The second kappa shape index (κ2) is 8.14. The van der Waals surface area contributed by atoms with Gasteiger partial charge in [0.15, 0.2) is 0 Å². The van der Waals surface area contributed by atoms with E-state index in [2.05, 4.69) is 9.80 Å². The smallest absolute Gasteiger partial charge is 0.232 e. The Morgan fingerprint density at radius 3 is 2.45 bits per heavy atom. The van der Waals surface area contributed by atoms with Crippen LogP contribution >= 0.6 is 11.6 Å². The molecule has 0 aliphatic carbocycles. The molecule has 4 rings (SSSR count). The van der Waals surface area contributed by atoms with Crippen molar-refractivity contribution in [3.8, 4) is 0 Å². The Labute approximate surface area is 177 Å². The summed E-state index contributed by atoms with van der Waals surface area (Å²) in [5.41, 5.74) is 3.61. The van der Waals surface area contributed by atoms with Crippen LogP contribution in [0.1, 0.15) is 17.2 Å². The molecule has 0 saturated carbocycles. The van der Waals surface area contributed by atoms with Crippen molar-refractivity contribution in [1.82, 2.24) is 4.90 Å². The predicted octanol–water partition coefficient (Wildman–Crippen LogP) is 2.52. The molecule has 1 fully saturated rings. The number of piperazine rings is 1. The van der Waals surface area contributed by atoms with Crippen molar-refractivity contribution in [2.45, 2.75) is 12.5 Å². The fraction of sp³-hybridized carbons (Fsp3) is 0.429. The largest absolute Gasteiger partial charge is 0.387 e. The van der Waals surface area contributed by atoms with Gasteiger partial charge in [0.1, 0.15) is 0 Å². The Balaban J connectivity index is 1.37. The number of fused-ring (bicyclic) bond motifs is 1. The Hall–Kier alpha value is -1.80. The van der Waals surface area contributed by atoms with Gasteiger partial charge in [-0.1, -0.05) is 35.9 Å². The van der Waals surface area contributed by atoms with Gasteiger partial charge in [-0.05, 0) is 35.7 Å². The van der Waals surface area contributed by atoms with E-state index in [-0.39, 0.29) is 0 Å². The molecule has 0 bridgehead atoms. The average molecular weight is 436 g/mol. The van der Waals surface area contributed by atoms with E-state index in [9.17, 15) is 13.5 Å². The first-order valence-electron chi connectivity index (χ1n) is 9.83. The lowest BCUT2D eigenvalue weighted by molar-refractivity contribution is 0.109. The first-order chi connectivity index (χ1) is 13.8. The van der Waals surface area contributed by atoms with Crippen LogP contribution < -0.4 is 9.21 Å². The summed E-state index contributed by atoms with van der Waals surface area (Å²) in [4.78, 5) is 4.54. The fourth-order valence-electron chi connectivity index (χ4n) is 4.17. The van der Waals surface area contributed by atoms with Crippen LogP contribution in [0.5, 0.6) is 0 Å². The fourth-order valence-corrected chi connectivity index (χ4v) is 5.39. The SMILES string of the molecule is CS(=O)(=O)N1CCc2cc(C(O)CN3CCN(c4ccccc4Cl)CC3)ccc21. The maximum absolute atomic E-state index is 11.9. The summed E-state index contributed by atoms with van der Waals surface area (Å²) in [5, 5.41) is 11.5. The first kappa shape index (κ1) is 20.5. The zero-order valence-electron chi connectivity index (χ0n) is 16.5. The van der Waals surface area contributed by atoms with E-state index >= 15 is 0 Å². The van der Waals surface area contributed by atoms with Crippen molar-refractivity contribution < 1.29 is 13.5 Å². The van der Waals surface area contributed by atoms with E-state index in [0.717, 1.165) is 53.7 Å². The minimum Gasteiger partial charge on any atom is -0.387 e. The highest BCUT2D eigenvalue weighted by molar-refractivity contribution is 7.92. The topological polar surface area (TPSA) is 64.1 Å². The number of aliphatic hydroxyl groups is 1. The monoisotopic (exact) mass is 435 g/mol. The summed E-state index contributed by atoms with van der Waals surface area (Å²) in [6.07, 6.45) is 1.31. The molecule has 2 aliphatic rings. The molecule has 0 aromatic heterocycles. The third-order valence-electron chi connectivity index (χ3n) is 5.74. The normalized spacial score (nSPS) is 18.7. The Morgan fingerprint density at radius 1 is 1.03 bits per heavy atom. The zero-order valence-corrected chi connectivity index (χ0v) is 18.0. The summed E-state index contributed by atoms with van der Waals surface area (Å²) in [6, 6.07) is 13.5. The Bertz CT molecular complexity index is 990. The van der Waals surface area contributed by atoms with Crippen LogP contribution in [0.4, 0.5) is 11.4 Å². The molecule has 29 heavy (non-hydrogen) atoms. The maximum atomic E-state index is 11.9. The molecule has 0 amide bonds. The number of anilines is 2. The van der Waals surface area contributed by atoms with Crippen LogP contribution in [0.25, 0.3) is 0 Å². The highest BCUT2D eigenvalue weighted by Gasteiger charge is 2.27. The highest BCUT2D eigenvalue weighted by Crippen LogP contribution is 2.32. The van der Waals surface area contributed by atoms with Gasteiger partial charge < -0.3 is 10.0 Å². The molecule has 0 spiro atoms. The van der Waals surface area contributed by atoms with Gasteiger partial charge in [0.05, 0.1) is 28.8 Å². The highest BCUT2D eigenvalue weighted by atomic mass is 35.5. The molecule has 1 unspecified atom stereocenters. The minimum absolute atomic E-state index is 0.470. The Morgan fingerprint density at radius 2 is 1.76 bits per heavy atom. The molecule has 6 nitrogen and oxygen atoms in total. The number of sulfonamides is 1. The average Bonchev–Trinajstić information content (AvgIpc) is 3.13. The van der Waals surface area contributed by atoms with Gasteiger partial charge in [-0.2, -0.15) is 0 Å². The molecule has 0 radical (unpaired) electrons. The molecule has 1 N–H and O–H groups in total. The molecule has 2 heterocycles. The third kappa shape index (κ3) is 4.38. The Kier molecular flexibility index (Phi) is 5.75. The van der Waals surface area contributed by atoms with Crippen molar-refractivity contribution in [2.75, 3.05) is 54.7 Å². The van der Waals surface area contributed by atoms with Crippen LogP contribution in [-0.4, -0.2) is 63.9 Å². The van der Waals surface area contributed by atoms with E-state index < -0.39 is 16.1 Å². The number of halogens is 1. The molecular weight excluding hydrogens is 410 g/mol. The maximum Gasteiger partial charge on any atom is 0.232 e. The number of hydrogen-bond donors (Lipinski definition) is 1. The molecule has 2 aliphatic heterocycles. The van der Waals surface area contributed by atoms with Crippen molar-refractivity contribution in [2.24, 2.45) is 0 Å². The van der Waals surface area contributed by atoms with Crippen molar-refractivity contribution in [3.63, 3.8) is 0 Å². The quantitative estimate of drug-likeness (QED) is 0.781. The van der Waals surface area contributed by atoms with Gasteiger partial charge in [-0.25, -0.2) is 8.42 Å². The zero-order chi connectivity index (χ0) is 20.6. The van der Waals surface area contributed by atoms with Crippen molar-refractivity contribution >= 4 is 33.0 Å². The summed E-state index contributed by atoms with van der Waals surface area (Å²) in [6.45, 7) is 4.47. The summed E-state index contributed by atoms with van der Waals surface area (Å²) in [5.74, 6) is 0. The molecule has 8 heteroatoms. The number of aliphatic hydroxyl groups excluding tert-OH is 1. The molecule has 1 atom stereocenters. The molecule has 156 valence electrons. The van der Waals surface area contributed by atoms with E-state index in [1.54, 1.807) is 0 Å². The van der Waals surface area contributed by atoms with Crippen LogP contribution in [0.15, 0.2) is 42.5 Å². The van der Waals surface area contributed by atoms with Crippen LogP contribution in [0.3, 0.4) is 0 Å². The lowest BCUT2D eigenvalue weighted by Crippen LogP contribution is -2.47. The van der Waals surface area contributed by atoms with Gasteiger partial charge in [-0.15, -0.1) is 0 Å². The number of para-hydroxylation sites is 1. The van der Waals surface area contributed by atoms with E-state index in [0.29, 0.717) is 19.5 Å². The van der Waals surface area contributed by atoms with E-state index in [1.165, 1.54) is 10.6 Å². The third-order valence-corrected chi connectivity index (χ3v) is 7.24. The number of β-amino-alcohol motifs (C(OH)–C–C–N with tert-alkyl or cyclic N) is 1. The van der Waals surface area contributed by atoms with Gasteiger partial charge in [0.2, 0.25) is 10.0 Å². The number of benzene rings is 2. The van der Waals surface area contributed by atoms with E-state index in [4.69, 9.17) is 11.6 Å². The molecule has 2 aromatic rings. The predicted molar refractivity (Wildman–Crippen MR) is 117 cm³/mol. The number of rotatable bonds is 5. The van der Waals surface area contributed by atoms with Crippen molar-refractivity contribution in [3.05, 3.63) is 58.6 Å². The summed E-state index contributed by atoms with van der Waals surface area (Å²) < 4.78 is 25.2. The van der Waals surface area contributed by atoms with Crippen molar-refractivity contribution in [1.29, 1.82) is 0 Å². The van der Waals surface area contributed by atoms with Crippen LogP contribution in [0.2, 0.25) is 5.02 Å². The van der Waals surface area contributed by atoms with Gasteiger partial charge in [0.25, 0.3) is 0 Å². The van der Waals surface area contributed by atoms with Crippen LogP contribution in [0, 0.1) is 0 Å². The van der Waals surface area contributed by atoms with Gasteiger partial charge in [-0.3, -0.25) is 9.21 Å². The van der Waals surface area contributed by atoms with Gasteiger partial charge >= 0.3 is 0 Å². The number of nitrogens with zero attached hydrogens (tertiary/aromatic N) is 3. The molecular formula is C21H26ClN3O3S. The summed E-state index contributed by atoms with van der Waals surface area (Å²) in [7, 11) is -3.25. The lowest BCUT2D eigenvalue weighted by atomic mass is 10.0. The second-order valence-corrected chi connectivity index (χ2v) is 10.0. The van der Waals surface area contributed by atoms with Gasteiger partial charge in [0, 0.05) is 39.3 Å². The molecule has 1 saturated heterocycles. The second-order valence-electron chi connectivity index (χ2n) is 7.73. The molecule has 2 aromatic carbocycles. The number of hydrogen-bond acceptors (Lipinski definition) is 5. The van der Waals surface area contributed by atoms with Crippen LogP contribution in [-0.2, 0) is 16.4 Å². The lowest BCUT2D eigenvalue weighted by Gasteiger charge is -2.37. The minimum atomic E-state index is -3.25. The van der Waals surface area contributed by atoms with E-state index in [1.807, 2.05) is 42.5 Å². The first-order valence-corrected chi connectivity index (χ1v) is 12.1.